The molecular formula is C15H25NO. The summed E-state index contributed by atoms with van der Waals surface area (Å²) in [5, 5.41) is 3.48. The Bertz CT molecular complexity index is 302. The summed E-state index contributed by atoms with van der Waals surface area (Å²) in [6.07, 6.45) is 0. The Balaban J connectivity index is 2.09. The molecule has 0 amide bonds. The third-order valence-corrected chi connectivity index (χ3v) is 3.11. The molecule has 0 aliphatic heterocycles. The minimum atomic E-state index is 0.305. The van der Waals surface area contributed by atoms with Crippen LogP contribution in [-0.2, 0) is 11.3 Å². The smallest absolute Gasteiger partial charge is 0.0717 e. The van der Waals surface area contributed by atoms with Crippen LogP contribution >= 0.6 is 0 Å². The Hall–Kier alpha value is -0.860. The zero-order chi connectivity index (χ0) is 12.7. The lowest BCUT2D eigenvalue weighted by atomic mass is 9.88. The van der Waals surface area contributed by atoms with Crippen LogP contribution in [0.4, 0.5) is 0 Å². The van der Waals surface area contributed by atoms with Gasteiger partial charge >= 0.3 is 0 Å². The van der Waals surface area contributed by atoms with Crippen LogP contribution in [0.15, 0.2) is 30.3 Å². The van der Waals surface area contributed by atoms with E-state index in [1.54, 1.807) is 0 Å². The van der Waals surface area contributed by atoms with Crippen molar-refractivity contribution >= 4 is 0 Å². The lowest BCUT2D eigenvalue weighted by Crippen LogP contribution is -2.39. The van der Waals surface area contributed by atoms with E-state index < -0.39 is 0 Å². The SMILES string of the molecule is CC(NCCOCc1ccccc1)C(C)(C)C. The topological polar surface area (TPSA) is 21.3 Å². The molecule has 2 heteroatoms. The van der Waals surface area contributed by atoms with Crippen molar-refractivity contribution < 1.29 is 4.74 Å². The van der Waals surface area contributed by atoms with Gasteiger partial charge in [0.05, 0.1) is 13.2 Å². The highest BCUT2D eigenvalue weighted by Crippen LogP contribution is 2.17. The molecule has 1 unspecified atom stereocenters. The first-order chi connectivity index (χ1) is 8.00. The van der Waals surface area contributed by atoms with Gasteiger partial charge in [-0.1, -0.05) is 51.1 Å². The van der Waals surface area contributed by atoms with Crippen molar-refractivity contribution in [1.29, 1.82) is 0 Å². The fraction of sp³-hybridized carbons (Fsp3) is 0.600. The van der Waals surface area contributed by atoms with Gasteiger partial charge in [0.25, 0.3) is 0 Å². The monoisotopic (exact) mass is 235 g/mol. The van der Waals surface area contributed by atoms with Crippen molar-refractivity contribution in [3.05, 3.63) is 35.9 Å². The van der Waals surface area contributed by atoms with Crippen molar-refractivity contribution in [1.82, 2.24) is 5.32 Å². The van der Waals surface area contributed by atoms with Crippen molar-refractivity contribution in [2.24, 2.45) is 5.41 Å². The van der Waals surface area contributed by atoms with Gasteiger partial charge in [-0.3, -0.25) is 0 Å². The van der Waals surface area contributed by atoms with Gasteiger partial charge in [-0.25, -0.2) is 0 Å². The summed E-state index contributed by atoms with van der Waals surface area (Å²) in [7, 11) is 0. The molecule has 0 saturated carbocycles. The summed E-state index contributed by atoms with van der Waals surface area (Å²) in [6, 6.07) is 10.8. The standard InChI is InChI=1S/C15H25NO/c1-13(15(2,3)4)16-10-11-17-12-14-8-6-5-7-9-14/h5-9,13,16H,10-12H2,1-4H3. The van der Waals surface area contributed by atoms with Crippen molar-refractivity contribution in [3.63, 3.8) is 0 Å². The highest BCUT2D eigenvalue weighted by atomic mass is 16.5. The van der Waals surface area contributed by atoms with Crippen LogP contribution in [0, 0.1) is 5.41 Å². The van der Waals surface area contributed by atoms with Crippen LogP contribution in [0.1, 0.15) is 33.3 Å². The van der Waals surface area contributed by atoms with Crippen molar-refractivity contribution in [2.45, 2.75) is 40.3 Å². The van der Waals surface area contributed by atoms with E-state index in [1.807, 2.05) is 18.2 Å². The van der Waals surface area contributed by atoms with Gasteiger partial charge in [-0.15, -0.1) is 0 Å². The average molecular weight is 235 g/mol. The first-order valence-corrected chi connectivity index (χ1v) is 6.35. The average Bonchev–Trinajstić information content (AvgIpc) is 2.28. The van der Waals surface area contributed by atoms with Crippen LogP contribution in [-0.4, -0.2) is 19.2 Å². The van der Waals surface area contributed by atoms with Gasteiger partial charge < -0.3 is 10.1 Å². The van der Waals surface area contributed by atoms with Crippen molar-refractivity contribution in [3.8, 4) is 0 Å². The largest absolute Gasteiger partial charge is 0.375 e. The van der Waals surface area contributed by atoms with Crippen LogP contribution < -0.4 is 5.32 Å². The Labute approximate surface area is 105 Å². The second-order valence-electron chi connectivity index (χ2n) is 5.58. The van der Waals surface area contributed by atoms with E-state index in [2.05, 4.69) is 45.1 Å². The predicted octanol–water partition coefficient (Wildman–Crippen LogP) is 3.23. The minimum absolute atomic E-state index is 0.305. The number of hydrogen-bond acceptors (Lipinski definition) is 2. The summed E-state index contributed by atoms with van der Waals surface area (Å²) in [5.41, 5.74) is 1.54. The first kappa shape index (κ1) is 14.2. The molecule has 1 rings (SSSR count). The van der Waals surface area contributed by atoms with Crippen LogP contribution in [0.3, 0.4) is 0 Å². The molecule has 17 heavy (non-hydrogen) atoms. The second kappa shape index (κ2) is 6.77. The summed E-state index contributed by atoms with van der Waals surface area (Å²) in [6.45, 7) is 11.3. The molecule has 0 heterocycles. The third-order valence-electron chi connectivity index (χ3n) is 3.11. The van der Waals surface area contributed by atoms with Gasteiger partial charge in [-0.2, -0.15) is 0 Å². The maximum absolute atomic E-state index is 5.62. The predicted molar refractivity (Wildman–Crippen MR) is 73.0 cm³/mol. The molecule has 0 aliphatic carbocycles. The lowest BCUT2D eigenvalue weighted by Gasteiger charge is -2.28. The van der Waals surface area contributed by atoms with E-state index in [1.165, 1.54) is 5.56 Å². The molecular weight excluding hydrogens is 210 g/mol. The third kappa shape index (κ3) is 5.85. The number of nitrogens with one attached hydrogen (secondary N) is 1. The van der Waals surface area contributed by atoms with Crippen LogP contribution in [0.2, 0.25) is 0 Å². The molecule has 0 aromatic heterocycles. The van der Waals surface area contributed by atoms with Crippen LogP contribution in [0.5, 0.6) is 0 Å². The summed E-state index contributed by atoms with van der Waals surface area (Å²) >= 11 is 0. The summed E-state index contributed by atoms with van der Waals surface area (Å²) < 4.78 is 5.62. The fourth-order valence-corrected chi connectivity index (χ4v) is 1.42. The molecule has 0 saturated heterocycles. The highest BCUT2D eigenvalue weighted by Gasteiger charge is 2.18. The summed E-state index contributed by atoms with van der Waals surface area (Å²) in [5.74, 6) is 0. The Kier molecular flexibility index (Phi) is 5.66. The molecule has 0 spiro atoms. The number of ether oxygens (including phenoxy) is 1. The van der Waals surface area contributed by atoms with E-state index >= 15 is 0 Å². The quantitative estimate of drug-likeness (QED) is 0.764. The summed E-state index contributed by atoms with van der Waals surface area (Å²) in [4.78, 5) is 0. The van der Waals surface area contributed by atoms with E-state index in [4.69, 9.17) is 4.74 Å². The zero-order valence-electron chi connectivity index (χ0n) is 11.5. The van der Waals surface area contributed by atoms with E-state index in [0.29, 0.717) is 18.1 Å². The first-order valence-electron chi connectivity index (χ1n) is 6.35. The molecule has 1 atom stereocenters. The molecule has 1 aromatic rings. The molecule has 0 bridgehead atoms. The van der Waals surface area contributed by atoms with E-state index in [9.17, 15) is 0 Å². The fourth-order valence-electron chi connectivity index (χ4n) is 1.42. The molecule has 0 fully saturated rings. The van der Waals surface area contributed by atoms with Gasteiger partial charge in [0.15, 0.2) is 0 Å². The van der Waals surface area contributed by atoms with Gasteiger partial charge in [0, 0.05) is 12.6 Å². The minimum Gasteiger partial charge on any atom is -0.375 e. The Morgan fingerprint density at radius 2 is 1.82 bits per heavy atom. The number of rotatable bonds is 6. The molecule has 0 radical (unpaired) electrons. The van der Waals surface area contributed by atoms with Gasteiger partial charge in [0.2, 0.25) is 0 Å². The number of hydrogen-bond donors (Lipinski definition) is 1. The molecule has 1 aromatic carbocycles. The van der Waals surface area contributed by atoms with Crippen LogP contribution in [0.25, 0.3) is 0 Å². The molecule has 1 N–H and O–H groups in total. The Morgan fingerprint density at radius 3 is 2.41 bits per heavy atom. The molecule has 2 nitrogen and oxygen atoms in total. The molecule has 0 aliphatic rings. The van der Waals surface area contributed by atoms with Gasteiger partial charge in [0.1, 0.15) is 0 Å². The highest BCUT2D eigenvalue weighted by molar-refractivity contribution is 5.13. The van der Waals surface area contributed by atoms with E-state index in [0.717, 1.165) is 13.2 Å². The van der Waals surface area contributed by atoms with E-state index in [-0.39, 0.29) is 0 Å². The zero-order valence-corrected chi connectivity index (χ0v) is 11.5. The number of benzene rings is 1. The lowest BCUT2D eigenvalue weighted by molar-refractivity contribution is 0.116. The maximum Gasteiger partial charge on any atom is 0.0717 e. The van der Waals surface area contributed by atoms with Gasteiger partial charge in [-0.05, 0) is 17.9 Å². The Morgan fingerprint density at radius 1 is 1.18 bits per heavy atom. The maximum atomic E-state index is 5.62. The van der Waals surface area contributed by atoms with Crippen molar-refractivity contribution in [2.75, 3.05) is 13.2 Å². The molecule has 96 valence electrons. The second-order valence-corrected chi connectivity index (χ2v) is 5.58. The normalized spacial score (nSPS) is 13.6.